The minimum absolute atomic E-state index is 0.0170. The maximum Gasteiger partial charge on any atom is 0.263 e. The van der Waals surface area contributed by atoms with E-state index in [9.17, 15) is 4.79 Å². The number of carbonyl (C=O) groups excluding carboxylic acids is 1. The van der Waals surface area contributed by atoms with E-state index in [0.717, 1.165) is 41.5 Å². The fourth-order valence-electron chi connectivity index (χ4n) is 3.71. The van der Waals surface area contributed by atoms with Crippen molar-refractivity contribution in [3.8, 4) is 17.0 Å². The lowest BCUT2D eigenvalue weighted by Crippen LogP contribution is -2.52. The summed E-state index contributed by atoms with van der Waals surface area (Å²) >= 11 is 0. The summed E-state index contributed by atoms with van der Waals surface area (Å²) < 4.78 is 5.90. The highest BCUT2D eigenvalue weighted by Crippen LogP contribution is 2.21. The third-order valence-electron chi connectivity index (χ3n) is 5.77. The Morgan fingerprint density at radius 3 is 2.29 bits per heavy atom. The highest BCUT2D eigenvalue weighted by Gasteiger charge is 2.26. The van der Waals surface area contributed by atoms with Gasteiger partial charge in [-0.05, 0) is 56.2 Å². The molecular weight excluding hydrogens is 388 g/mol. The number of hydrogen-bond acceptors (Lipinski definition) is 5. The summed E-state index contributed by atoms with van der Waals surface area (Å²) in [5, 5.41) is 8.78. The molecule has 2 heterocycles. The average molecular weight is 417 g/mol. The first-order chi connectivity index (χ1) is 15.0. The Morgan fingerprint density at radius 2 is 1.65 bits per heavy atom. The van der Waals surface area contributed by atoms with E-state index in [-0.39, 0.29) is 5.91 Å². The standard InChI is InChI=1S/C25H28N4O2/c1-18-9-10-22(17-19(18)2)31-20(3)25(30)29-15-13-28(14-16-29)24-12-11-23(26-27-24)21-7-5-4-6-8-21/h4-12,17,20H,13-16H2,1-3H3. The Kier molecular flexibility index (Phi) is 6.16. The van der Waals surface area contributed by atoms with Crippen LogP contribution in [0.1, 0.15) is 18.1 Å². The zero-order valence-corrected chi connectivity index (χ0v) is 18.3. The molecule has 6 nitrogen and oxygen atoms in total. The number of rotatable bonds is 5. The lowest BCUT2D eigenvalue weighted by atomic mass is 10.1. The molecule has 1 atom stereocenters. The maximum atomic E-state index is 12.9. The van der Waals surface area contributed by atoms with E-state index < -0.39 is 6.10 Å². The molecule has 1 amide bonds. The second kappa shape index (κ2) is 9.16. The third kappa shape index (κ3) is 4.85. The summed E-state index contributed by atoms with van der Waals surface area (Å²) in [6.07, 6.45) is -0.515. The molecule has 0 spiro atoms. The summed E-state index contributed by atoms with van der Waals surface area (Å²) in [6, 6.07) is 19.9. The molecule has 3 aromatic rings. The molecule has 1 aromatic heterocycles. The molecule has 0 N–H and O–H groups in total. The molecule has 1 unspecified atom stereocenters. The lowest BCUT2D eigenvalue weighted by molar-refractivity contribution is -0.138. The van der Waals surface area contributed by atoms with Gasteiger partial charge in [-0.2, -0.15) is 0 Å². The Labute approximate surface area is 183 Å². The Hall–Kier alpha value is -3.41. The first-order valence-electron chi connectivity index (χ1n) is 10.7. The van der Waals surface area contributed by atoms with E-state index in [1.165, 1.54) is 5.56 Å². The number of piperazine rings is 1. The van der Waals surface area contributed by atoms with Crippen molar-refractivity contribution in [3.63, 3.8) is 0 Å². The van der Waals surface area contributed by atoms with Crippen molar-refractivity contribution >= 4 is 11.7 Å². The monoisotopic (exact) mass is 416 g/mol. The van der Waals surface area contributed by atoms with Gasteiger partial charge >= 0.3 is 0 Å². The third-order valence-corrected chi connectivity index (χ3v) is 5.77. The topological polar surface area (TPSA) is 58.6 Å². The number of aromatic nitrogens is 2. The molecule has 0 saturated carbocycles. The van der Waals surface area contributed by atoms with E-state index in [4.69, 9.17) is 4.74 Å². The average Bonchev–Trinajstić information content (AvgIpc) is 2.82. The van der Waals surface area contributed by atoms with E-state index in [1.807, 2.05) is 79.4 Å². The van der Waals surface area contributed by atoms with Crippen LogP contribution in [0, 0.1) is 13.8 Å². The fraction of sp³-hybridized carbons (Fsp3) is 0.320. The van der Waals surface area contributed by atoms with Crippen molar-refractivity contribution < 1.29 is 9.53 Å². The predicted octanol–water partition coefficient (Wildman–Crippen LogP) is 3.88. The van der Waals surface area contributed by atoms with Gasteiger partial charge in [0.15, 0.2) is 11.9 Å². The number of anilines is 1. The van der Waals surface area contributed by atoms with E-state index in [0.29, 0.717) is 13.1 Å². The zero-order valence-electron chi connectivity index (χ0n) is 18.3. The van der Waals surface area contributed by atoms with Crippen molar-refractivity contribution in [2.75, 3.05) is 31.1 Å². The highest BCUT2D eigenvalue weighted by molar-refractivity contribution is 5.81. The summed E-state index contributed by atoms with van der Waals surface area (Å²) in [7, 11) is 0. The van der Waals surface area contributed by atoms with Crippen LogP contribution in [0.3, 0.4) is 0 Å². The second-order valence-electron chi connectivity index (χ2n) is 7.96. The molecule has 160 valence electrons. The van der Waals surface area contributed by atoms with Crippen molar-refractivity contribution in [2.24, 2.45) is 0 Å². The van der Waals surface area contributed by atoms with Crippen LogP contribution in [0.4, 0.5) is 5.82 Å². The molecule has 1 saturated heterocycles. The van der Waals surface area contributed by atoms with Gasteiger partial charge in [-0.25, -0.2) is 0 Å². The molecular formula is C25H28N4O2. The van der Waals surface area contributed by atoms with Crippen LogP contribution < -0.4 is 9.64 Å². The fourth-order valence-corrected chi connectivity index (χ4v) is 3.71. The van der Waals surface area contributed by atoms with Gasteiger partial charge in [-0.3, -0.25) is 4.79 Å². The van der Waals surface area contributed by atoms with E-state index in [1.54, 1.807) is 0 Å². The molecule has 1 aliphatic rings. The Morgan fingerprint density at radius 1 is 0.903 bits per heavy atom. The molecule has 4 rings (SSSR count). The van der Waals surface area contributed by atoms with Crippen molar-refractivity contribution in [1.29, 1.82) is 0 Å². The van der Waals surface area contributed by atoms with Gasteiger partial charge in [0, 0.05) is 31.7 Å². The molecule has 31 heavy (non-hydrogen) atoms. The van der Waals surface area contributed by atoms with Gasteiger partial charge < -0.3 is 14.5 Å². The minimum atomic E-state index is -0.515. The van der Waals surface area contributed by atoms with E-state index in [2.05, 4.69) is 22.0 Å². The molecule has 1 aliphatic heterocycles. The number of amides is 1. The summed E-state index contributed by atoms with van der Waals surface area (Å²) in [4.78, 5) is 16.9. The van der Waals surface area contributed by atoms with Gasteiger partial charge in [0.25, 0.3) is 5.91 Å². The van der Waals surface area contributed by atoms with Gasteiger partial charge in [0.2, 0.25) is 0 Å². The predicted molar refractivity (Wildman–Crippen MR) is 122 cm³/mol. The van der Waals surface area contributed by atoms with Crippen molar-refractivity contribution in [2.45, 2.75) is 26.9 Å². The van der Waals surface area contributed by atoms with Crippen LogP contribution in [0.2, 0.25) is 0 Å². The van der Waals surface area contributed by atoms with Gasteiger partial charge in [0.05, 0.1) is 5.69 Å². The first kappa shape index (κ1) is 20.8. The quantitative estimate of drug-likeness (QED) is 0.632. The number of benzene rings is 2. The van der Waals surface area contributed by atoms with Crippen LogP contribution in [0.5, 0.6) is 5.75 Å². The maximum absolute atomic E-state index is 12.9. The molecule has 6 heteroatoms. The summed E-state index contributed by atoms with van der Waals surface area (Å²) in [6.45, 7) is 8.65. The van der Waals surface area contributed by atoms with Crippen LogP contribution in [0.15, 0.2) is 60.7 Å². The number of nitrogens with zero attached hydrogens (tertiary/aromatic N) is 4. The lowest BCUT2D eigenvalue weighted by Gasteiger charge is -2.36. The zero-order chi connectivity index (χ0) is 21.8. The smallest absolute Gasteiger partial charge is 0.263 e. The van der Waals surface area contributed by atoms with Crippen LogP contribution in [-0.2, 0) is 4.79 Å². The Bertz CT molecular complexity index is 1030. The summed E-state index contributed by atoms with van der Waals surface area (Å²) in [5.41, 5.74) is 4.28. The second-order valence-corrected chi connectivity index (χ2v) is 7.96. The van der Waals surface area contributed by atoms with Crippen molar-refractivity contribution in [1.82, 2.24) is 15.1 Å². The number of aryl methyl sites for hydroxylation is 2. The van der Waals surface area contributed by atoms with Crippen LogP contribution >= 0.6 is 0 Å². The largest absolute Gasteiger partial charge is 0.481 e. The SMILES string of the molecule is Cc1ccc(OC(C)C(=O)N2CCN(c3ccc(-c4ccccc4)nn3)CC2)cc1C. The van der Waals surface area contributed by atoms with Gasteiger partial charge in [-0.15, -0.1) is 10.2 Å². The normalized spacial score (nSPS) is 14.9. The highest BCUT2D eigenvalue weighted by atomic mass is 16.5. The molecule has 1 fully saturated rings. The first-order valence-corrected chi connectivity index (χ1v) is 10.7. The molecule has 2 aromatic carbocycles. The number of hydrogen-bond donors (Lipinski definition) is 0. The molecule has 0 aliphatic carbocycles. The Balaban J connectivity index is 1.32. The van der Waals surface area contributed by atoms with Crippen LogP contribution in [0.25, 0.3) is 11.3 Å². The number of ether oxygens (including phenoxy) is 1. The van der Waals surface area contributed by atoms with Crippen LogP contribution in [-0.4, -0.2) is 53.3 Å². The molecule has 0 bridgehead atoms. The van der Waals surface area contributed by atoms with Gasteiger partial charge in [-0.1, -0.05) is 36.4 Å². The molecule has 0 radical (unpaired) electrons. The van der Waals surface area contributed by atoms with E-state index >= 15 is 0 Å². The summed E-state index contributed by atoms with van der Waals surface area (Å²) in [5.74, 6) is 1.59. The number of carbonyl (C=O) groups is 1. The van der Waals surface area contributed by atoms with Crippen molar-refractivity contribution in [3.05, 3.63) is 71.8 Å². The minimum Gasteiger partial charge on any atom is -0.481 e. The van der Waals surface area contributed by atoms with Gasteiger partial charge in [0.1, 0.15) is 5.75 Å².